The zero-order valence-electron chi connectivity index (χ0n) is 19.7. The highest BCUT2D eigenvalue weighted by atomic mass is 32.2. The van der Waals surface area contributed by atoms with E-state index in [-0.39, 0.29) is 17.4 Å². The van der Waals surface area contributed by atoms with Crippen LogP contribution in [0.3, 0.4) is 0 Å². The van der Waals surface area contributed by atoms with E-state index in [0.29, 0.717) is 28.5 Å². The zero-order chi connectivity index (χ0) is 24.7. The Morgan fingerprint density at radius 2 is 1.59 bits per heavy atom. The molecule has 1 aromatic heterocycles. The zero-order valence-corrected chi connectivity index (χ0v) is 21.3. The highest BCUT2D eigenvalue weighted by Gasteiger charge is 2.30. The summed E-state index contributed by atoms with van der Waals surface area (Å²) < 4.78 is 4.97. The number of benzene rings is 2. The Morgan fingerprint density at radius 3 is 2.15 bits per heavy atom. The summed E-state index contributed by atoms with van der Waals surface area (Å²) >= 11 is 2.53. The number of rotatable bonds is 9. The number of nitrogens with one attached hydrogen (secondary N) is 1. The van der Waals surface area contributed by atoms with Crippen molar-refractivity contribution in [3.8, 4) is 0 Å². The van der Waals surface area contributed by atoms with E-state index in [9.17, 15) is 14.4 Å². The second kappa shape index (κ2) is 11.9. The van der Waals surface area contributed by atoms with Crippen LogP contribution >= 0.6 is 23.1 Å². The van der Waals surface area contributed by atoms with Gasteiger partial charge in [-0.1, -0.05) is 48.5 Å². The standard InChI is InChI=1S/C26H28N2O4S2/c1-5-28(6-2)25(30)21-17(3)20(26(31)32-4)24(34-21)27-23(29)22(18-13-9-7-10-14-18)33-19-15-11-8-12-16-19/h7-16,22H,5-6H2,1-4H3,(H,27,29)/t22-/m0/s1. The Morgan fingerprint density at radius 1 is 1.00 bits per heavy atom. The quantitative estimate of drug-likeness (QED) is 0.299. The first-order valence-corrected chi connectivity index (χ1v) is 12.7. The van der Waals surface area contributed by atoms with Gasteiger partial charge in [0.05, 0.1) is 17.6 Å². The molecule has 0 saturated carbocycles. The van der Waals surface area contributed by atoms with Gasteiger partial charge in [-0.3, -0.25) is 9.59 Å². The Hall–Kier alpha value is -3.10. The smallest absolute Gasteiger partial charge is 0.341 e. The average Bonchev–Trinajstić information content (AvgIpc) is 3.19. The lowest BCUT2D eigenvalue weighted by Gasteiger charge is -2.18. The number of methoxy groups -OCH3 is 1. The predicted octanol–water partition coefficient (Wildman–Crippen LogP) is 5.80. The van der Waals surface area contributed by atoms with E-state index in [4.69, 9.17) is 4.74 Å². The third-order valence-electron chi connectivity index (χ3n) is 5.36. The van der Waals surface area contributed by atoms with Gasteiger partial charge in [0.25, 0.3) is 5.91 Å². The molecule has 0 saturated heterocycles. The number of amides is 2. The van der Waals surface area contributed by atoms with Crippen LogP contribution in [0.2, 0.25) is 0 Å². The van der Waals surface area contributed by atoms with Crippen LogP contribution in [0.5, 0.6) is 0 Å². The van der Waals surface area contributed by atoms with E-state index in [0.717, 1.165) is 21.8 Å². The molecule has 0 spiro atoms. The summed E-state index contributed by atoms with van der Waals surface area (Å²) in [6, 6.07) is 19.1. The van der Waals surface area contributed by atoms with Crippen LogP contribution in [0.15, 0.2) is 65.6 Å². The van der Waals surface area contributed by atoms with Gasteiger partial charge >= 0.3 is 5.97 Å². The van der Waals surface area contributed by atoms with Crippen molar-refractivity contribution >= 4 is 45.9 Å². The minimum absolute atomic E-state index is 0.170. The Labute approximate surface area is 208 Å². The lowest BCUT2D eigenvalue weighted by atomic mass is 10.1. The molecule has 1 atom stereocenters. The van der Waals surface area contributed by atoms with Gasteiger partial charge in [0.2, 0.25) is 5.91 Å². The lowest BCUT2D eigenvalue weighted by molar-refractivity contribution is -0.115. The molecule has 0 aliphatic rings. The number of hydrogen-bond acceptors (Lipinski definition) is 6. The molecule has 0 unspecified atom stereocenters. The van der Waals surface area contributed by atoms with Gasteiger partial charge in [-0.25, -0.2) is 4.79 Å². The van der Waals surface area contributed by atoms with Crippen molar-refractivity contribution in [2.24, 2.45) is 0 Å². The maximum Gasteiger partial charge on any atom is 0.341 e. The van der Waals surface area contributed by atoms with E-state index in [1.165, 1.54) is 18.9 Å². The summed E-state index contributed by atoms with van der Waals surface area (Å²) in [5.41, 5.74) is 1.56. The first kappa shape index (κ1) is 25.5. The van der Waals surface area contributed by atoms with Crippen molar-refractivity contribution in [2.45, 2.75) is 30.9 Å². The largest absolute Gasteiger partial charge is 0.465 e. The van der Waals surface area contributed by atoms with Crippen molar-refractivity contribution in [3.63, 3.8) is 0 Å². The highest BCUT2D eigenvalue weighted by molar-refractivity contribution is 8.00. The third-order valence-corrected chi connectivity index (χ3v) is 7.82. The van der Waals surface area contributed by atoms with E-state index >= 15 is 0 Å². The third kappa shape index (κ3) is 5.69. The summed E-state index contributed by atoms with van der Waals surface area (Å²) in [6.45, 7) is 6.61. The van der Waals surface area contributed by atoms with Crippen LogP contribution in [-0.4, -0.2) is 42.9 Å². The second-order valence-corrected chi connectivity index (χ2v) is 9.64. The molecule has 0 aliphatic carbocycles. The maximum atomic E-state index is 13.5. The molecule has 0 radical (unpaired) electrons. The summed E-state index contributed by atoms with van der Waals surface area (Å²) in [5.74, 6) is -1.04. The molecule has 0 aliphatic heterocycles. The number of hydrogen-bond donors (Lipinski definition) is 1. The molecule has 0 fully saturated rings. The van der Waals surface area contributed by atoms with Crippen molar-refractivity contribution < 1.29 is 19.1 Å². The molecule has 0 bridgehead atoms. The molecule has 178 valence electrons. The second-order valence-electron chi connectivity index (χ2n) is 7.44. The normalized spacial score (nSPS) is 11.5. The molecule has 34 heavy (non-hydrogen) atoms. The van der Waals surface area contributed by atoms with Gasteiger partial charge in [0.1, 0.15) is 10.3 Å². The summed E-state index contributed by atoms with van der Waals surface area (Å²) in [5, 5.41) is 2.68. The summed E-state index contributed by atoms with van der Waals surface area (Å²) in [6.07, 6.45) is 0. The molecule has 2 aromatic carbocycles. The first-order chi connectivity index (χ1) is 16.4. The van der Waals surface area contributed by atoms with Crippen LogP contribution in [0.1, 0.15) is 50.3 Å². The number of carbonyl (C=O) groups excluding carboxylic acids is 3. The van der Waals surface area contributed by atoms with Crippen LogP contribution < -0.4 is 5.32 Å². The van der Waals surface area contributed by atoms with Crippen molar-refractivity contribution in [1.82, 2.24) is 4.90 Å². The SMILES string of the molecule is CCN(CC)C(=O)c1sc(NC(=O)[C@@H](Sc2ccccc2)c2ccccc2)c(C(=O)OC)c1C. The highest BCUT2D eigenvalue weighted by Crippen LogP contribution is 2.39. The fourth-order valence-electron chi connectivity index (χ4n) is 3.52. The summed E-state index contributed by atoms with van der Waals surface area (Å²) in [7, 11) is 1.29. The van der Waals surface area contributed by atoms with Crippen molar-refractivity contribution in [3.05, 3.63) is 82.2 Å². The first-order valence-electron chi connectivity index (χ1n) is 11.0. The van der Waals surface area contributed by atoms with Crippen LogP contribution in [-0.2, 0) is 9.53 Å². The van der Waals surface area contributed by atoms with Gasteiger partial charge in [-0.2, -0.15) is 0 Å². The molecular weight excluding hydrogens is 468 g/mol. The lowest BCUT2D eigenvalue weighted by Crippen LogP contribution is -2.30. The summed E-state index contributed by atoms with van der Waals surface area (Å²) in [4.78, 5) is 42.3. The van der Waals surface area contributed by atoms with Crippen molar-refractivity contribution in [1.29, 1.82) is 0 Å². The predicted molar refractivity (Wildman–Crippen MR) is 138 cm³/mol. The number of nitrogens with zero attached hydrogens (tertiary/aromatic N) is 1. The number of ether oxygens (including phenoxy) is 1. The van der Waals surface area contributed by atoms with E-state index in [2.05, 4.69) is 5.32 Å². The molecule has 3 aromatic rings. The fraction of sp³-hybridized carbons (Fsp3) is 0.269. The number of carbonyl (C=O) groups is 3. The number of esters is 1. The molecule has 8 heteroatoms. The van der Waals surface area contributed by atoms with Gasteiger partial charge < -0.3 is 15.0 Å². The van der Waals surface area contributed by atoms with Gasteiger partial charge in [-0.05, 0) is 44.0 Å². The van der Waals surface area contributed by atoms with E-state index in [1.807, 2.05) is 74.5 Å². The molecule has 6 nitrogen and oxygen atoms in total. The Balaban J connectivity index is 1.99. The topological polar surface area (TPSA) is 75.7 Å². The monoisotopic (exact) mass is 496 g/mol. The minimum Gasteiger partial charge on any atom is -0.465 e. The van der Waals surface area contributed by atoms with Crippen LogP contribution in [0.4, 0.5) is 5.00 Å². The van der Waals surface area contributed by atoms with Gasteiger partial charge in [-0.15, -0.1) is 23.1 Å². The van der Waals surface area contributed by atoms with Crippen LogP contribution in [0.25, 0.3) is 0 Å². The molecule has 3 rings (SSSR count). The average molecular weight is 497 g/mol. The van der Waals surface area contributed by atoms with Gasteiger partial charge in [0.15, 0.2) is 0 Å². The maximum absolute atomic E-state index is 13.5. The number of thioether (sulfide) groups is 1. The molecule has 2 amide bonds. The van der Waals surface area contributed by atoms with E-state index < -0.39 is 11.2 Å². The Bertz CT molecular complexity index is 1140. The van der Waals surface area contributed by atoms with Gasteiger partial charge in [0, 0.05) is 18.0 Å². The number of anilines is 1. The fourth-order valence-corrected chi connectivity index (χ4v) is 5.73. The van der Waals surface area contributed by atoms with Crippen LogP contribution in [0, 0.1) is 6.92 Å². The van der Waals surface area contributed by atoms with E-state index in [1.54, 1.807) is 11.8 Å². The minimum atomic E-state index is -0.588. The molecular formula is C26H28N2O4S2. The molecule has 1 N–H and O–H groups in total. The Kier molecular flexibility index (Phi) is 8.90. The number of thiophene rings is 1. The molecule has 1 heterocycles. The van der Waals surface area contributed by atoms with Crippen molar-refractivity contribution in [2.75, 3.05) is 25.5 Å².